The van der Waals surface area contributed by atoms with Gasteiger partial charge in [0, 0.05) is 0 Å². The average Bonchev–Trinajstić information content (AvgIpc) is 2.18. The Labute approximate surface area is 85.7 Å². The summed E-state index contributed by atoms with van der Waals surface area (Å²) in [7, 11) is -4.35. The molecule has 5 nitrogen and oxygen atoms in total. The fraction of sp³-hybridized carbons (Fsp3) is 0.125. The first kappa shape index (κ1) is 11.6. The molecule has 0 unspecified atom stereocenters. The molecule has 15 heavy (non-hydrogen) atoms. The van der Waals surface area contributed by atoms with Gasteiger partial charge in [-0.1, -0.05) is 18.2 Å². The Kier molecular flexibility index (Phi) is 3.38. The largest absolute Gasteiger partial charge is 0.480 e. The maximum atomic E-state index is 13.0. The van der Waals surface area contributed by atoms with E-state index in [0.29, 0.717) is 0 Å². The molecule has 82 valence electrons. The lowest BCUT2D eigenvalue weighted by Crippen LogP contribution is -2.28. The second kappa shape index (κ2) is 4.37. The van der Waals surface area contributed by atoms with Gasteiger partial charge in [-0.15, -0.1) is 4.48 Å². The summed E-state index contributed by atoms with van der Waals surface area (Å²) >= 11 is 0. The zero-order chi connectivity index (χ0) is 11.5. The van der Waals surface area contributed by atoms with Gasteiger partial charge in [0.25, 0.3) is 10.0 Å². The highest BCUT2D eigenvalue weighted by Crippen LogP contribution is 2.14. The maximum Gasteiger partial charge on any atom is 0.321 e. The highest BCUT2D eigenvalue weighted by atomic mass is 32.2. The van der Waals surface area contributed by atoms with Gasteiger partial charge in [-0.2, -0.15) is 0 Å². The highest BCUT2D eigenvalue weighted by Gasteiger charge is 2.26. The van der Waals surface area contributed by atoms with Crippen molar-refractivity contribution in [1.29, 1.82) is 0 Å². The van der Waals surface area contributed by atoms with E-state index in [1.54, 1.807) is 6.07 Å². The summed E-state index contributed by atoms with van der Waals surface area (Å²) in [5.41, 5.74) is 0. The van der Waals surface area contributed by atoms with E-state index < -0.39 is 27.1 Å². The van der Waals surface area contributed by atoms with Crippen molar-refractivity contribution < 1.29 is 22.8 Å². The molecule has 0 aliphatic carbocycles. The quantitative estimate of drug-likeness (QED) is 0.774. The number of carbonyl (C=O) groups is 1. The van der Waals surface area contributed by atoms with E-state index in [4.69, 9.17) is 5.11 Å². The molecule has 1 rings (SSSR count). The number of hydrogen-bond donors (Lipinski definition) is 1. The van der Waals surface area contributed by atoms with Crippen LogP contribution < -0.4 is 0 Å². The molecule has 0 bridgehead atoms. The van der Waals surface area contributed by atoms with Crippen LogP contribution in [0, 0.1) is 0 Å². The second-order valence-corrected chi connectivity index (χ2v) is 4.48. The number of halogens is 1. The summed E-state index contributed by atoms with van der Waals surface area (Å²) in [6.07, 6.45) is 0. The number of hydrogen-bond acceptors (Lipinski definition) is 3. The van der Waals surface area contributed by atoms with Gasteiger partial charge in [-0.05, 0) is 16.7 Å². The lowest BCUT2D eigenvalue weighted by Gasteiger charge is -2.09. The Bertz CT molecular complexity index is 445. The van der Waals surface area contributed by atoms with Crippen molar-refractivity contribution in [2.45, 2.75) is 4.90 Å². The van der Waals surface area contributed by atoms with Crippen molar-refractivity contribution in [3.8, 4) is 0 Å². The van der Waals surface area contributed by atoms with Crippen molar-refractivity contribution in [2.75, 3.05) is 6.54 Å². The van der Waals surface area contributed by atoms with Gasteiger partial charge in [-0.25, -0.2) is 8.42 Å². The van der Waals surface area contributed by atoms with E-state index in [2.05, 4.69) is 0 Å². The van der Waals surface area contributed by atoms with E-state index >= 15 is 0 Å². The Hall–Kier alpha value is -1.47. The molecule has 0 amide bonds. The van der Waals surface area contributed by atoms with Gasteiger partial charge in [0.15, 0.2) is 0 Å². The number of aliphatic carboxylic acids is 1. The van der Waals surface area contributed by atoms with Crippen LogP contribution in [0.15, 0.2) is 35.2 Å². The first-order chi connectivity index (χ1) is 6.94. The Morgan fingerprint density at radius 2 is 1.87 bits per heavy atom. The van der Waals surface area contributed by atoms with Crippen LogP contribution in [0.25, 0.3) is 0 Å². The van der Waals surface area contributed by atoms with Gasteiger partial charge in [0.1, 0.15) is 6.54 Å². The van der Waals surface area contributed by atoms with Gasteiger partial charge in [-0.3, -0.25) is 4.79 Å². The van der Waals surface area contributed by atoms with Gasteiger partial charge in [0.2, 0.25) is 0 Å². The molecule has 1 aromatic rings. The molecule has 0 spiro atoms. The van der Waals surface area contributed by atoms with Crippen LogP contribution in [0.4, 0.5) is 4.48 Å². The standard InChI is InChI=1S/C8H8FNO4S/c9-10(6-8(11)12)15(13,14)7-4-2-1-3-5-7/h1-5H,6H2,(H,11,12). The minimum absolute atomic E-state index is 0.284. The lowest BCUT2D eigenvalue weighted by molar-refractivity contribution is -0.139. The average molecular weight is 233 g/mol. The molecule has 0 aliphatic rings. The molecule has 0 saturated heterocycles. The summed E-state index contributed by atoms with van der Waals surface area (Å²) in [5.74, 6) is -1.56. The number of sulfonamides is 1. The zero-order valence-electron chi connectivity index (χ0n) is 7.50. The Balaban J connectivity index is 2.99. The van der Waals surface area contributed by atoms with Crippen molar-refractivity contribution in [1.82, 2.24) is 4.53 Å². The minimum Gasteiger partial charge on any atom is -0.480 e. The van der Waals surface area contributed by atoms with Crippen LogP contribution in [-0.2, 0) is 14.8 Å². The number of rotatable bonds is 4. The third kappa shape index (κ3) is 2.74. The maximum absolute atomic E-state index is 13.0. The lowest BCUT2D eigenvalue weighted by atomic mass is 10.4. The van der Waals surface area contributed by atoms with E-state index in [9.17, 15) is 17.7 Å². The normalized spacial score (nSPS) is 11.6. The smallest absolute Gasteiger partial charge is 0.321 e. The molecule has 0 atom stereocenters. The number of nitrogens with zero attached hydrogens (tertiary/aromatic N) is 1. The highest BCUT2D eigenvalue weighted by molar-refractivity contribution is 7.89. The van der Waals surface area contributed by atoms with Crippen LogP contribution in [0.5, 0.6) is 0 Å². The first-order valence-corrected chi connectivity index (χ1v) is 5.34. The predicted octanol–water partition coefficient (Wildman–Crippen LogP) is 0.646. The third-order valence-corrected chi connectivity index (χ3v) is 3.08. The molecule has 0 aromatic heterocycles. The number of benzene rings is 1. The molecule has 0 heterocycles. The third-order valence-electron chi connectivity index (χ3n) is 1.56. The molecule has 0 saturated carbocycles. The summed E-state index contributed by atoms with van der Waals surface area (Å²) in [6, 6.07) is 6.77. The fourth-order valence-electron chi connectivity index (χ4n) is 0.898. The van der Waals surface area contributed by atoms with Gasteiger partial charge < -0.3 is 5.11 Å². The topological polar surface area (TPSA) is 74.7 Å². The van der Waals surface area contributed by atoms with Crippen molar-refractivity contribution in [3.05, 3.63) is 30.3 Å². The van der Waals surface area contributed by atoms with Crippen LogP contribution in [-0.4, -0.2) is 30.6 Å². The second-order valence-electron chi connectivity index (χ2n) is 2.66. The summed E-state index contributed by atoms with van der Waals surface area (Å²) in [6.45, 7) is -1.21. The van der Waals surface area contributed by atoms with Gasteiger partial charge in [0.05, 0.1) is 4.90 Å². The first-order valence-electron chi connectivity index (χ1n) is 3.90. The molecular formula is C8H8FNO4S. The van der Waals surface area contributed by atoms with Crippen molar-refractivity contribution >= 4 is 16.0 Å². The monoisotopic (exact) mass is 233 g/mol. The molecule has 0 fully saturated rings. The van der Waals surface area contributed by atoms with Crippen LogP contribution in [0.3, 0.4) is 0 Å². The van der Waals surface area contributed by atoms with E-state index in [0.717, 1.165) is 0 Å². The predicted molar refractivity (Wildman–Crippen MR) is 49.1 cm³/mol. The molecule has 1 N–H and O–H groups in total. The number of carboxylic acids is 1. The van der Waals surface area contributed by atoms with E-state index in [-0.39, 0.29) is 4.90 Å². The Morgan fingerprint density at radius 3 is 2.33 bits per heavy atom. The fourth-order valence-corrected chi connectivity index (χ4v) is 1.91. The Morgan fingerprint density at radius 1 is 1.33 bits per heavy atom. The van der Waals surface area contributed by atoms with Crippen molar-refractivity contribution in [2.24, 2.45) is 0 Å². The molecule has 1 aromatic carbocycles. The number of carboxylic acid groups (broad SMARTS) is 1. The van der Waals surface area contributed by atoms with Crippen LogP contribution >= 0.6 is 0 Å². The zero-order valence-corrected chi connectivity index (χ0v) is 8.32. The summed E-state index contributed by atoms with van der Waals surface area (Å²) in [5, 5.41) is 8.25. The van der Waals surface area contributed by atoms with Crippen LogP contribution in [0.1, 0.15) is 0 Å². The van der Waals surface area contributed by atoms with Crippen molar-refractivity contribution in [3.63, 3.8) is 0 Å². The van der Waals surface area contributed by atoms with E-state index in [1.807, 2.05) is 0 Å². The van der Waals surface area contributed by atoms with Gasteiger partial charge >= 0.3 is 5.97 Å². The molecule has 0 aliphatic heterocycles. The summed E-state index contributed by atoms with van der Waals surface area (Å²) in [4.78, 5) is 9.86. The molecular weight excluding hydrogens is 225 g/mol. The molecule has 7 heteroatoms. The van der Waals surface area contributed by atoms with Crippen LogP contribution in [0.2, 0.25) is 0 Å². The van der Waals surface area contributed by atoms with E-state index in [1.165, 1.54) is 24.3 Å². The minimum atomic E-state index is -4.35. The summed E-state index contributed by atoms with van der Waals surface area (Å²) < 4.78 is 35.0. The SMILES string of the molecule is O=C(O)CN(F)S(=O)(=O)c1ccccc1. The molecule has 0 radical (unpaired) electrons.